The molecule has 0 spiro atoms. The summed E-state index contributed by atoms with van der Waals surface area (Å²) in [5.74, 6) is -2.24. The van der Waals surface area contributed by atoms with Gasteiger partial charge in [0.15, 0.2) is 0 Å². The number of hydrogen-bond donors (Lipinski definition) is 2. The number of rotatable bonds is 15. The van der Waals surface area contributed by atoms with E-state index in [0.29, 0.717) is 6.42 Å². The highest BCUT2D eigenvalue weighted by molar-refractivity contribution is 6.38. The number of nitrogens with one attached hydrogen (secondary N) is 2. The highest BCUT2D eigenvalue weighted by Gasteiger charge is 2.33. The summed E-state index contributed by atoms with van der Waals surface area (Å²) < 4.78 is 5.31. The second kappa shape index (κ2) is 16.7. The van der Waals surface area contributed by atoms with Crippen molar-refractivity contribution >= 4 is 23.7 Å². The van der Waals surface area contributed by atoms with Crippen LogP contribution < -0.4 is 10.6 Å². The second-order valence-corrected chi connectivity index (χ2v) is 10.3. The van der Waals surface area contributed by atoms with Gasteiger partial charge in [-0.1, -0.05) is 105 Å². The lowest BCUT2D eigenvalue weighted by molar-refractivity contribution is -0.191. The molecule has 222 valence electrons. The Morgan fingerprint density at radius 1 is 0.714 bits per heavy atom. The molecule has 42 heavy (non-hydrogen) atoms. The number of nitrogens with zero attached hydrogens (tertiary/aromatic N) is 1. The fourth-order valence-electron chi connectivity index (χ4n) is 4.23. The van der Waals surface area contributed by atoms with Crippen molar-refractivity contribution in [3.05, 3.63) is 108 Å². The number of likely N-dealkylation sites (N-methyl/N-ethyl adjacent to an activating group) is 1. The minimum atomic E-state index is -1.18. The first-order valence-electron chi connectivity index (χ1n) is 14.1. The molecular weight excluding hydrogens is 534 g/mol. The highest BCUT2D eigenvalue weighted by atomic mass is 16.7. The molecular formula is C33H39N3O6. The molecule has 0 radical (unpaired) electrons. The van der Waals surface area contributed by atoms with Crippen LogP contribution in [-0.4, -0.2) is 47.4 Å². The van der Waals surface area contributed by atoms with Gasteiger partial charge in [0, 0.05) is 13.0 Å². The van der Waals surface area contributed by atoms with Crippen LogP contribution in [0.1, 0.15) is 43.9 Å². The van der Waals surface area contributed by atoms with Crippen LogP contribution in [0.25, 0.3) is 0 Å². The molecule has 0 aliphatic carbocycles. The Balaban J connectivity index is 1.72. The van der Waals surface area contributed by atoms with E-state index in [2.05, 4.69) is 10.6 Å². The Hall–Kier alpha value is -4.50. The molecule has 2 atom stereocenters. The predicted octanol–water partition coefficient (Wildman–Crippen LogP) is 4.60. The number of alkyl carbamates (subject to hydrolysis) is 1. The molecule has 3 rings (SSSR count). The SMILES string of the molecule is CCN(OCc1ccccc1)C(=O)C(=O)[C@H](Cc1ccccc1)NC(=O)[C@H](CC(C)C)NC(=O)OCc1ccccc1. The normalized spacial score (nSPS) is 12.2. The fourth-order valence-corrected chi connectivity index (χ4v) is 4.23. The lowest BCUT2D eigenvalue weighted by Crippen LogP contribution is -2.55. The number of hydroxylamine groups is 2. The van der Waals surface area contributed by atoms with Crippen LogP contribution in [0.2, 0.25) is 0 Å². The fraction of sp³-hybridized carbons (Fsp3) is 0.333. The third-order valence-corrected chi connectivity index (χ3v) is 6.40. The number of Topliss-reactive ketones (excluding diaryl/α,β-unsaturated/α-hetero) is 1. The molecule has 0 fully saturated rings. The van der Waals surface area contributed by atoms with Gasteiger partial charge in [-0.15, -0.1) is 0 Å². The van der Waals surface area contributed by atoms with Crippen LogP contribution >= 0.6 is 0 Å². The summed E-state index contributed by atoms with van der Waals surface area (Å²) in [6.45, 7) is 5.81. The zero-order chi connectivity index (χ0) is 30.3. The third kappa shape index (κ3) is 10.5. The van der Waals surface area contributed by atoms with E-state index in [0.717, 1.165) is 21.8 Å². The molecule has 0 bridgehead atoms. The summed E-state index contributed by atoms with van der Waals surface area (Å²) >= 11 is 0. The zero-order valence-corrected chi connectivity index (χ0v) is 24.3. The molecule has 2 N–H and O–H groups in total. The molecule has 3 aromatic carbocycles. The molecule has 0 aliphatic heterocycles. The van der Waals surface area contributed by atoms with E-state index in [9.17, 15) is 19.2 Å². The van der Waals surface area contributed by atoms with Crippen LogP contribution in [0.15, 0.2) is 91.0 Å². The lowest BCUT2D eigenvalue weighted by Gasteiger charge is -2.25. The monoisotopic (exact) mass is 573 g/mol. The summed E-state index contributed by atoms with van der Waals surface area (Å²) in [6.07, 6.45) is -0.373. The zero-order valence-electron chi connectivity index (χ0n) is 24.3. The standard InChI is InChI=1S/C33H39N3O6/c1-4-36(42-23-27-18-12-7-13-19-27)32(39)30(37)28(21-25-14-8-5-9-15-25)34-31(38)29(20-24(2)3)35-33(40)41-22-26-16-10-6-11-17-26/h5-19,24,28-29H,4,20-23H2,1-3H3,(H,34,38)(H,35,40)/t28-,29-/m0/s1. The average Bonchev–Trinajstić information content (AvgIpc) is 3.00. The first-order valence-corrected chi connectivity index (χ1v) is 14.1. The summed E-state index contributed by atoms with van der Waals surface area (Å²) in [4.78, 5) is 58.5. The number of carbonyl (C=O) groups excluding carboxylic acids is 4. The van der Waals surface area contributed by atoms with Gasteiger partial charge in [0.05, 0.1) is 0 Å². The number of ether oxygens (including phenoxy) is 1. The molecule has 9 nitrogen and oxygen atoms in total. The van der Waals surface area contributed by atoms with Gasteiger partial charge in [-0.3, -0.25) is 19.2 Å². The van der Waals surface area contributed by atoms with Crippen LogP contribution in [-0.2, 0) is 43.6 Å². The Morgan fingerprint density at radius 2 is 1.24 bits per heavy atom. The number of ketones is 1. The van der Waals surface area contributed by atoms with Crippen molar-refractivity contribution in [3.8, 4) is 0 Å². The van der Waals surface area contributed by atoms with Gasteiger partial charge in [0.1, 0.15) is 25.3 Å². The molecule has 3 amide bonds. The molecule has 0 unspecified atom stereocenters. The van der Waals surface area contributed by atoms with Crippen molar-refractivity contribution < 1.29 is 28.8 Å². The summed E-state index contributed by atoms with van der Waals surface area (Å²) in [5, 5.41) is 6.35. The first kappa shape index (κ1) is 32.0. The smallest absolute Gasteiger partial charge is 0.408 e. The number of amides is 3. The van der Waals surface area contributed by atoms with E-state index < -0.39 is 35.8 Å². The number of benzene rings is 3. The van der Waals surface area contributed by atoms with Crippen molar-refractivity contribution in [1.82, 2.24) is 15.7 Å². The molecule has 9 heteroatoms. The maximum Gasteiger partial charge on any atom is 0.408 e. The van der Waals surface area contributed by atoms with Gasteiger partial charge in [0.2, 0.25) is 11.7 Å². The summed E-state index contributed by atoms with van der Waals surface area (Å²) in [6, 6.07) is 25.4. The van der Waals surface area contributed by atoms with Gasteiger partial charge in [0.25, 0.3) is 0 Å². The largest absolute Gasteiger partial charge is 0.445 e. The molecule has 0 saturated heterocycles. The topological polar surface area (TPSA) is 114 Å². The van der Waals surface area contributed by atoms with Crippen molar-refractivity contribution in [2.24, 2.45) is 5.92 Å². The molecule has 0 aliphatic rings. The quantitative estimate of drug-likeness (QED) is 0.203. The summed E-state index contributed by atoms with van der Waals surface area (Å²) in [7, 11) is 0. The van der Waals surface area contributed by atoms with Crippen molar-refractivity contribution in [2.75, 3.05) is 6.54 Å². The second-order valence-electron chi connectivity index (χ2n) is 10.3. The number of hydrogen-bond acceptors (Lipinski definition) is 6. The molecule has 0 saturated carbocycles. The van der Waals surface area contributed by atoms with Crippen molar-refractivity contribution in [2.45, 2.75) is 58.9 Å². The molecule has 3 aromatic rings. The van der Waals surface area contributed by atoms with Gasteiger partial charge in [-0.2, -0.15) is 0 Å². The minimum absolute atomic E-state index is 0.0436. The lowest BCUT2D eigenvalue weighted by atomic mass is 9.99. The van der Waals surface area contributed by atoms with Crippen LogP contribution in [0.4, 0.5) is 4.79 Å². The maximum atomic E-state index is 13.5. The van der Waals surface area contributed by atoms with E-state index in [-0.39, 0.29) is 32.1 Å². The van der Waals surface area contributed by atoms with E-state index in [1.807, 2.05) is 105 Å². The van der Waals surface area contributed by atoms with Gasteiger partial charge < -0.3 is 15.4 Å². The van der Waals surface area contributed by atoms with Crippen LogP contribution in [0.3, 0.4) is 0 Å². The molecule has 0 heterocycles. The van der Waals surface area contributed by atoms with Gasteiger partial charge >= 0.3 is 12.0 Å². The van der Waals surface area contributed by atoms with E-state index >= 15 is 0 Å². The Labute approximate surface area is 247 Å². The van der Waals surface area contributed by atoms with Crippen LogP contribution in [0.5, 0.6) is 0 Å². The molecule has 0 aromatic heterocycles. The van der Waals surface area contributed by atoms with Gasteiger partial charge in [-0.25, -0.2) is 9.86 Å². The third-order valence-electron chi connectivity index (χ3n) is 6.40. The Kier molecular flexibility index (Phi) is 12.7. The van der Waals surface area contributed by atoms with E-state index in [4.69, 9.17) is 9.57 Å². The summed E-state index contributed by atoms with van der Waals surface area (Å²) in [5.41, 5.74) is 2.40. The highest BCUT2D eigenvalue weighted by Crippen LogP contribution is 2.11. The Morgan fingerprint density at radius 3 is 1.76 bits per heavy atom. The van der Waals surface area contributed by atoms with E-state index in [1.165, 1.54) is 0 Å². The number of carbonyl (C=O) groups is 4. The van der Waals surface area contributed by atoms with E-state index in [1.54, 1.807) is 6.92 Å². The van der Waals surface area contributed by atoms with Crippen molar-refractivity contribution in [1.29, 1.82) is 0 Å². The van der Waals surface area contributed by atoms with Gasteiger partial charge in [-0.05, 0) is 36.0 Å². The van der Waals surface area contributed by atoms with Crippen molar-refractivity contribution in [3.63, 3.8) is 0 Å². The maximum absolute atomic E-state index is 13.5. The average molecular weight is 574 g/mol. The predicted molar refractivity (Wildman–Crippen MR) is 159 cm³/mol. The Bertz CT molecular complexity index is 1280. The van der Waals surface area contributed by atoms with Crippen LogP contribution in [0, 0.1) is 5.92 Å². The first-order chi connectivity index (χ1) is 20.3. The minimum Gasteiger partial charge on any atom is -0.445 e.